The zero-order valence-electron chi connectivity index (χ0n) is 5.48. The standard InChI is InChI=1S/C5H5N5O/c6-5-4(9-11-10-5)3-1-7-2-8-3/h1-2H,(H2,6,10)(H,7,8). The molecule has 0 unspecified atom stereocenters. The first kappa shape index (κ1) is 5.90. The van der Waals surface area contributed by atoms with E-state index in [4.69, 9.17) is 5.73 Å². The van der Waals surface area contributed by atoms with Gasteiger partial charge in [0.15, 0.2) is 11.5 Å². The van der Waals surface area contributed by atoms with Crippen LogP contribution < -0.4 is 5.73 Å². The summed E-state index contributed by atoms with van der Waals surface area (Å²) in [7, 11) is 0. The third kappa shape index (κ3) is 0.841. The summed E-state index contributed by atoms with van der Waals surface area (Å²) in [4.78, 5) is 6.63. The predicted octanol–water partition coefficient (Wildman–Crippen LogP) is 0.0419. The maximum absolute atomic E-state index is 5.42. The summed E-state index contributed by atoms with van der Waals surface area (Å²) in [5, 5.41) is 6.99. The van der Waals surface area contributed by atoms with Crippen LogP contribution in [0.3, 0.4) is 0 Å². The molecule has 0 saturated carbocycles. The van der Waals surface area contributed by atoms with Gasteiger partial charge in [-0.15, -0.1) is 0 Å². The molecule has 11 heavy (non-hydrogen) atoms. The van der Waals surface area contributed by atoms with E-state index >= 15 is 0 Å². The zero-order valence-corrected chi connectivity index (χ0v) is 5.48. The first-order valence-electron chi connectivity index (χ1n) is 2.94. The Balaban J connectivity index is 2.53. The molecule has 0 aliphatic carbocycles. The van der Waals surface area contributed by atoms with Crippen molar-refractivity contribution in [1.82, 2.24) is 20.3 Å². The lowest BCUT2D eigenvalue weighted by Gasteiger charge is -1.85. The van der Waals surface area contributed by atoms with Crippen molar-refractivity contribution in [1.29, 1.82) is 0 Å². The minimum Gasteiger partial charge on any atom is -0.379 e. The van der Waals surface area contributed by atoms with Gasteiger partial charge in [0.1, 0.15) is 0 Å². The normalized spacial score (nSPS) is 10.2. The number of nitrogens with two attached hydrogens (primary N) is 1. The molecule has 3 N–H and O–H groups in total. The van der Waals surface area contributed by atoms with Crippen LogP contribution in [0.15, 0.2) is 17.2 Å². The summed E-state index contributed by atoms with van der Waals surface area (Å²) in [6, 6.07) is 0. The van der Waals surface area contributed by atoms with E-state index in [1.807, 2.05) is 0 Å². The molecule has 0 atom stereocenters. The SMILES string of the molecule is Nc1nonc1-c1cnc[nH]1. The Morgan fingerprint density at radius 3 is 2.91 bits per heavy atom. The summed E-state index contributed by atoms with van der Waals surface area (Å²) in [5.41, 5.74) is 6.60. The summed E-state index contributed by atoms with van der Waals surface area (Å²) in [6.07, 6.45) is 3.12. The summed E-state index contributed by atoms with van der Waals surface area (Å²) >= 11 is 0. The zero-order chi connectivity index (χ0) is 7.68. The number of nitrogens with one attached hydrogen (secondary N) is 1. The lowest BCUT2D eigenvalue weighted by atomic mass is 10.3. The van der Waals surface area contributed by atoms with Crippen LogP contribution in [0, 0.1) is 0 Å². The molecule has 0 fully saturated rings. The summed E-state index contributed by atoms with van der Waals surface area (Å²) < 4.78 is 4.40. The number of rotatable bonds is 1. The van der Waals surface area contributed by atoms with Gasteiger partial charge in [-0.3, -0.25) is 0 Å². The Kier molecular flexibility index (Phi) is 1.12. The molecular weight excluding hydrogens is 146 g/mol. The van der Waals surface area contributed by atoms with Crippen molar-refractivity contribution in [3.05, 3.63) is 12.5 Å². The van der Waals surface area contributed by atoms with E-state index in [2.05, 4.69) is 24.9 Å². The second-order valence-corrected chi connectivity index (χ2v) is 1.96. The van der Waals surface area contributed by atoms with Crippen LogP contribution >= 0.6 is 0 Å². The molecule has 2 aromatic rings. The molecule has 0 aliphatic rings. The Morgan fingerprint density at radius 1 is 1.45 bits per heavy atom. The molecule has 6 heteroatoms. The van der Waals surface area contributed by atoms with Gasteiger partial charge in [-0.05, 0) is 10.3 Å². The molecule has 0 aliphatic heterocycles. The van der Waals surface area contributed by atoms with Crippen LogP contribution in [0.2, 0.25) is 0 Å². The maximum Gasteiger partial charge on any atom is 0.197 e. The van der Waals surface area contributed by atoms with E-state index < -0.39 is 0 Å². The number of hydrogen-bond donors (Lipinski definition) is 2. The van der Waals surface area contributed by atoms with Crippen LogP contribution in [0.5, 0.6) is 0 Å². The number of H-pyrrole nitrogens is 1. The van der Waals surface area contributed by atoms with Gasteiger partial charge in [0, 0.05) is 0 Å². The highest BCUT2D eigenvalue weighted by Gasteiger charge is 2.08. The van der Waals surface area contributed by atoms with Gasteiger partial charge in [-0.2, -0.15) is 0 Å². The van der Waals surface area contributed by atoms with Crippen LogP contribution in [0.1, 0.15) is 0 Å². The quantitative estimate of drug-likeness (QED) is 0.600. The first-order chi connectivity index (χ1) is 5.38. The van der Waals surface area contributed by atoms with Gasteiger partial charge in [0.25, 0.3) is 0 Å². The van der Waals surface area contributed by atoms with Crippen molar-refractivity contribution >= 4 is 5.82 Å². The highest BCUT2D eigenvalue weighted by molar-refractivity contribution is 5.64. The molecule has 2 heterocycles. The summed E-state index contributed by atoms with van der Waals surface area (Å²) in [6.45, 7) is 0. The van der Waals surface area contributed by atoms with E-state index in [0.717, 1.165) is 0 Å². The van der Waals surface area contributed by atoms with Crippen molar-refractivity contribution in [3.8, 4) is 11.4 Å². The topological polar surface area (TPSA) is 93.6 Å². The van der Waals surface area contributed by atoms with Crippen LogP contribution in [0.25, 0.3) is 11.4 Å². The van der Waals surface area contributed by atoms with Crippen LogP contribution in [-0.2, 0) is 0 Å². The Morgan fingerprint density at radius 2 is 2.36 bits per heavy atom. The fourth-order valence-electron chi connectivity index (χ4n) is 0.768. The van der Waals surface area contributed by atoms with E-state index in [0.29, 0.717) is 11.4 Å². The highest BCUT2D eigenvalue weighted by Crippen LogP contribution is 2.17. The second kappa shape index (κ2) is 2.08. The molecule has 0 radical (unpaired) electrons. The molecule has 6 nitrogen and oxygen atoms in total. The molecule has 56 valence electrons. The fourth-order valence-corrected chi connectivity index (χ4v) is 0.768. The van der Waals surface area contributed by atoms with Crippen LogP contribution in [-0.4, -0.2) is 20.3 Å². The monoisotopic (exact) mass is 151 g/mol. The number of imidazole rings is 1. The van der Waals surface area contributed by atoms with Crippen LogP contribution in [0.4, 0.5) is 5.82 Å². The summed E-state index contributed by atoms with van der Waals surface area (Å²) in [5.74, 6) is 0.259. The third-order valence-electron chi connectivity index (χ3n) is 1.27. The predicted molar refractivity (Wildman–Crippen MR) is 36.3 cm³/mol. The molecule has 2 rings (SSSR count). The molecule has 0 spiro atoms. The van der Waals surface area contributed by atoms with Crippen molar-refractivity contribution < 1.29 is 4.63 Å². The number of anilines is 1. The second-order valence-electron chi connectivity index (χ2n) is 1.96. The number of nitrogen functional groups attached to an aromatic ring is 1. The van der Waals surface area contributed by atoms with E-state index in [1.54, 1.807) is 6.20 Å². The van der Waals surface area contributed by atoms with Gasteiger partial charge in [0.05, 0.1) is 18.2 Å². The third-order valence-corrected chi connectivity index (χ3v) is 1.27. The minimum absolute atomic E-state index is 0.259. The Hall–Kier alpha value is -1.85. The van der Waals surface area contributed by atoms with E-state index in [-0.39, 0.29) is 5.82 Å². The van der Waals surface area contributed by atoms with Gasteiger partial charge >= 0.3 is 0 Å². The van der Waals surface area contributed by atoms with Crippen molar-refractivity contribution in [2.24, 2.45) is 0 Å². The molecule has 0 amide bonds. The van der Waals surface area contributed by atoms with Crippen molar-refractivity contribution in [2.75, 3.05) is 5.73 Å². The Bertz CT molecular complexity index is 337. The number of hydrogen-bond acceptors (Lipinski definition) is 5. The Labute approximate surface area is 61.4 Å². The smallest absolute Gasteiger partial charge is 0.197 e. The van der Waals surface area contributed by atoms with Gasteiger partial charge < -0.3 is 10.7 Å². The number of aromatic nitrogens is 4. The van der Waals surface area contributed by atoms with Crippen molar-refractivity contribution in [3.63, 3.8) is 0 Å². The fraction of sp³-hybridized carbons (Fsp3) is 0. The average Bonchev–Trinajstić information content (AvgIpc) is 2.55. The average molecular weight is 151 g/mol. The lowest BCUT2D eigenvalue weighted by Crippen LogP contribution is -1.87. The van der Waals surface area contributed by atoms with Gasteiger partial charge in [-0.25, -0.2) is 9.61 Å². The number of nitrogens with zero attached hydrogens (tertiary/aromatic N) is 3. The van der Waals surface area contributed by atoms with Crippen molar-refractivity contribution in [2.45, 2.75) is 0 Å². The van der Waals surface area contributed by atoms with Gasteiger partial charge in [0.2, 0.25) is 0 Å². The first-order valence-corrected chi connectivity index (χ1v) is 2.94. The van der Waals surface area contributed by atoms with E-state index in [1.165, 1.54) is 6.33 Å². The highest BCUT2D eigenvalue weighted by atomic mass is 16.6. The van der Waals surface area contributed by atoms with Gasteiger partial charge in [-0.1, -0.05) is 0 Å². The largest absolute Gasteiger partial charge is 0.379 e. The molecule has 0 bridgehead atoms. The lowest BCUT2D eigenvalue weighted by molar-refractivity contribution is 0.310. The molecule has 0 saturated heterocycles. The number of aromatic amines is 1. The molecule has 2 aromatic heterocycles. The molecular formula is C5H5N5O. The minimum atomic E-state index is 0.259. The van der Waals surface area contributed by atoms with E-state index in [9.17, 15) is 0 Å². The molecule has 0 aromatic carbocycles. The maximum atomic E-state index is 5.42.